The summed E-state index contributed by atoms with van der Waals surface area (Å²) >= 11 is 0. The predicted octanol–water partition coefficient (Wildman–Crippen LogP) is 2.04. The fourth-order valence-electron chi connectivity index (χ4n) is 2.41. The molecule has 0 spiro atoms. The number of methoxy groups -OCH3 is 2. The van der Waals surface area contributed by atoms with E-state index in [0.29, 0.717) is 11.5 Å². The first-order chi connectivity index (χ1) is 9.28. The molecule has 1 saturated heterocycles. The van der Waals surface area contributed by atoms with E-state index in [4.69, 9.17) is 9.47 Å². The third-order valence-corrected chi connectivity index (χ3v) is 3.50. The van der Waals surface area contributed by atoms with Crippen molar-refractivity contribution in [3.63, 3.8) is 0 Å². The highest BCUT2D eigenvalue weighted by Gasteiger charge is 2.23. The normalized spacial score (nSPS) is 17.1. The number of nitrogens with zero attached hydrogens (tertiary/aromatic N) is 1. The zero-order valence-corrected chi connectivity index (χ0v) is 12.7. The summed E-state index contributed by atoms with van der Waals surface area (Å²) in [5, 5.41) is 3.28. The van der Waals surface area contributed by atoms with Crippen LogP contribution in [0, 0.1) is 0 Å². The molecule has 1 heterocycles. The molecular weight excluding hydrogens is 283 g/mol. The number of nitrogens with one attached hydrogen (secondary N) is 1. The Morgan fingerprint density at radius 3 is 2.15 bits per heavy atom. The van der Waals surface area contributed by atoms with Gasteiger partial charge in [-0.1, -0.05) is 0 Å². The van der Waals surface area contributed by atoms with E-state index in [1.165, 1.54) is 0 Å². The van der Waals surface area contributed by atoms with Gasteiger partial charge in [-0.25, -0.2) is 4.39 Å². The fraction of sp³-hybridized carbons (Fsp3) is 0.571. The van der Waals surface area contributed by atoms with Crippen LogP contribution in [0.5, 0.6) is 11.5 Å². The van der Waals surface area contributed by atoms with Crippen molar-refractivity contribution in [2.75, 3.05) is 47.1 Å². The van der Waals surface area contributed by atoms with E-state index in [1.54, 1.807) is 20.3 Å². The van der Waals surface area contributed by atoms with Crippen LogP contribution < -0.4 is 14.8 Å². The molecule has 114 valence electrons. The van der Waals surface area contributed by atoms with Gasteiger partial charge in [0, 0.05) is 32.2 Å². The number of rotatable bonds is 5. The van der Waals surface area contributed by atoms with Gasteiger partial charge in [-0.2, -0.15) is 0 Å². The molecule has 4 nitrogen and oxygen atoms in total. The molecule has 0 aromatic heterocycles. The molecule has 0 radical (unpaired) electrons. The maximum absolute atomic E-state index is 13.5. The molecule has 20 heavy (non-hydrogen) atoms. The van der Waals surface area contributed by atoms with Crippen molar-refractivity contribution in [3.8, 4) is 11.5 Å². The summed E-state index contributed by atoms with van der Waals surface area (Å²) in [6.07, 6.45) is 0. The van der Waals surface area contributed by atoms with Gasteiger partial charge in [0.15, 0.2) is 0 Å². The van der Waals surface area contributed by atoms with Gasteiger partial charge >= 0.3 is 0 Å². The Morgan fingerprint density at radius 2 is 1.70 bits per heavy atom. The van der Waals surface area contributed by atoms with Gasteiger partial charge in [-0.3, -0.25) is 4.90 Å². The smallest absolute Gasteiger partial charge is 0.122 e. The average Bonchev–Trinajstić information content (AvgIpc) is 2.48. The van der Waals surface area contributed by atoms with Crippen LogP contribution in [0.2, 0.25) is 0 Å². The Labute approximate surface area is 125 Å². The molecule has 0 amide bonds. The number of hydrogen-bond acceptors (Lipinski definition) is 4. The van der Waals surface area contributed by atoms with Crippen LogP contribution in [-0.4, -0.2) is 52.0 Å². The Hall–Kier alpha value is -1.04. The van der Waals surface area contributed by atoms with E-state index in [-0.39, 0.29) is 18.4 Å². The minimum Gasteiger partial charge on any atom is -0.497 e. The fourth-order valence-corrected chi connectivity index (χ4v) is 2.41. The second-order valence-corrected chi connectivity index (χ2v) is 4.60. The third-order valence-electron chi connectivity index (χ3n) is 3.50. The summed E-state index contributed by atoms with van der Waals surface area (Å²) < 4.78 is 23.9. The molecule has 2 rings (SSSR count). The molecule has 1 atom stereocenters. The van der Waals surface area contributed by atoms with Gasteiger partial charge in [-0.05, 0) is 17.7 Å². The number of piperazine rings is 1. The minimum absolute atomic E-state index is 0. The second kappa shape index (κ2) is 8.29. The van der Waals surface area contributed by atoms with Gasteiger partial charge in [0.05, 0.1) is 20.3 Å². The lowest BCUT2D eigenvalue weighted by Gasteiger charge is -2.33. The quantitative estimate of drug-likeness (QED) is 0.903. The molecule has 0 unspecified atom stereocenters. The summed E-state index contributed by atoms with van der Waals surface area (Å²) in [4.78, 5) is 2.16. The Morgan fingerprint density at radius 1 is 1.15 bits per heavy atom. The van der Waals surface area contributed by atoms with Gasteiger partial charge < -0.3 is 14.8 Å². The lowest BCUT2D eigenvalue weighted by atomic mass is 10.0. The highest BCUT2D eigenvalue weighted by molar-refractivity contribution is 5.85. The van der Waals surface area contributed by atoms with E-state index in [0.717, 1.165) is 31.7 Å². The molecule has 0 aliphatic carbocycles. The van der Waals surface area contributed by atoms with Crippen molar-refractivity contribution < 1.29 is 13.9 Å². The summed E-state index contributed by atoms with van der Waals surface area (Å²) in [6, 6.07) is 5.34. The van der Waals surface area contributed by atoms with E-state index in [2.05, 4.69) is 10.2 Å². The van der Waals surface area contributed by atoms with E-state index in [9.17, 15) is 4.39 Å². The van der Waals surface area contributed by atoms with Crippen LogP contribution >= 0.6 is 12.4 Å². The van der Waals surface area contributed by atoms with E-state index < -0.39 is 6.67 Å². The molecule has 0 saturated carbocycles. The first kappa shape index (κ1) is 17.0. The maximum Gasteiger partial charge on any atom is 0.122 e. The standard InChI is InChI=1S/C14H21FN2O2.ClH/c1-18-12-7-11(8-13(9-12)19-2)14(10-15)17-5-3-16-4-6-17;/h7-9,14,16H,3-6,10H2,1-2H3;1H/t14-;/m1./s1. The number of ether oxygens (including phenoxy) is 2. The summed E-state index contributed by atoms with van der Waals surface area (Å²) in [5.74, 6) is 1.39. The van der Waals surface area contributed by atoms with Gasteiger partial charge in [-0.15, -0.1) is 12.4 Å². The zero-order chi connectivity index (χ0) is 13.7. The number of benzene rings is 1. The molecule has 0 bridgehead atoms. The van der Waals surface area contributed by atoms with Crippen LogP contribution in [-0.2, 0) is 0 Å². The van der Waals surface area contributed by atoms with E-state index >= 15 is 0 Å². The third kappa shape index (κ3) is 3.98. The molecule has 1 aromatic carbocycles. The van der Waals surface area contributed by atoms with Crippen LogP contribution in [0.25, 0.3) is 0 Å². The highest BCUT2D eigenvalue weighted by atomic mass is 35.5. The first-order valence-corrected chi connectivity index (χ1v) is 6.52. The van der Waals surface area contributed by atoms with Crippen molar-refractivity contribution >= 4 is 12.4 Å². The number of alkyl halides is 1. The zero-order valence-electron chi connectivity index (χ0n) is 11.9. The van der Waals surface area contributed by atoms with Crippen LogP contribution in [0.15, 0.2) is 18.2 Å². The van der Waals surface area contributed by atoms with Gasteiger partial charge in [0.1, 0.15) is 18.2 Å². The van der Waals surface area contributed by atoms with Gasteiger partial charge in [0.25, 0.3) is 0 Å². The number of hydrogen-bond donors (Lipinski definition) is 1. The predicted molar refractivity (Wildman–Crippen MR) is 80.0 cm³/mol. The van der Waals surface area contributed by atoms with Crippen LogP contribution in [0.1, 0.15) is 11.6 Å². The lowest BCUT2D eigenvalue weighted by Crippen LogP contribution is -2.45. The molecule has 1 N–H and O–H groups in total. The topological polar surface area (TPSA) is 33.7 Å². The average molecular weight is 305 g/mol. The highest BCUT2D eigenvalue weighted by Crippen LogP contribution is 2.30. The molecule has 1 aromatic rings. The summed E-state index contributed by atoms with van der Waals surface area (Å²) in [5.41, 5.74) is 0.903. The Balaban J connectivity index is 0.00000200. The SMILES string of the molecule is COc1cc(OC)cc([C@@H](CF)N2CCNCC2)c1.Cl. The molecule has 6 heteroatoms. The summed E-state index contributed by atoms with van der Waals surface area (Å²) in [7, 11) is 3.21. The molecular formula is C14H22ClFN2O2. The van der Waals surface area contributed by atoms with Crippen molar-refractivity contribution in [1.29, 1.82) is 0 Å². The van der Waals surface area contributed by atoms with Crippen molar-refractivity contribution in [1.82, 2.24) is 10.2 Å². The Bertz CT molecular complexity index is 392. The number of halogens is 2. The van der Waals surface area contributed by atoms with Crippen molar-refractivity contribution in [2.45, 2.75) is 6.04 Å². The monoisotopic (exact) mass is 304 g/mol. The molecule has 1 aliphatic rings. The van der Waals surface area contributed by atoms with Gasteiger partial charge in [0.2, 0.25) is 0 Å². The van der Waals surface area contributed by atoms with Crippen molar-refractivity contribution in [3.05, 3.63) is 23.8 Å². The van der Waals surface area contributed by atoms with E-state index in [1.807, 2.05) is 12.1 Å². The minimum atomic E-state index is -0.406. The summed E-state index contributed by atoms with van der Waals surface area (Å²) in [6.45, 7) is 3.10. The lowest BCUT2D eigenvalue weighted by molar-refractivity contribution is 0.147. The largest absolute Gasteiger partial charge is 0.497 e. The van der Waals surface area contributed by atoms with Crippen molar-refractivity contribution in [2.24, 2.45) is 0 Å². The van der Waals surface area contributed by atoms with Crippen LogP contribution in [0.3, 0.4) is 0 Å². The Kier molecular flexibility index (Phi) is 7.05. The first-order valence-electron chi connectivity index (χ1n) is 6.52. The maximum atomic E-state index is 13.5. The molecule has 1 aliphatic heterocycles. The molecule has 1 fully saturated rings. The van der Waals surface area contributed by atoms with Crippen LogP contribution in [0.4, 0.5) is 4.39 Å². The second-order valence-electron chi connectivity index (χ2n) is 4.60.